The minimum absolute atomic E-state index is 0.0240. The lowest BCUT2D eigenvalue weighted by Gasteiger charge is -2.31. The fourth-order valence-corrected chi connectivity index (χ4v) is 3.38. The smallest absolute Gasteiger partial charge is 0.317 e. The van der Waals surface area contributed by atoms with Crippen molar-refractivity contribution in [3.05, 3.63) is 17.0 Å². The van der Waals surface area contributed by atoms with Gasteiger partial charge in [-0.3, -0.25) is 5.10 Å². The lowest BCUT2D eigenvalue weighted by atomic mass is 9.98. The van der Waals surface area contributed by atoms with Gasteiger partial charge in [0, 0.05) is 38.0 Å². The molecule has 0 aliphatic carbocycles. The second-order valence-corrected chi connectivity index (χ2v) is 6.83. The number of piperidine rings is 1. The van der Waals surface area contributed by atoms with E-state index in [0.29, 0.717) is 19.1 Å². The minimum Gasteiger partial charge on any atom is -0.396 e. The van der Waals surface area contributed by atoms with E-state index < -0.39 is 0 Å². The zero-order chi connectivity index (χ0) is 17.7. The van der Waals surface area contributed by atoms with Crippen molar-refractivity contribution < 1.29 is 9.90 Å². The molecule has 0 radical (unpaired) electrons. The third-order valence-electron chi connectivity index (χ3n) is 5.17. The number of urea groups is 1. The summed E-state index contributed by atoms with van der Waals surface area (Å²) in [5, 5.41) is 19.4. The number of H-pyrrole nitrogens is 1. The molecule has 0 unspecified atom stereocenters. The van der Waals surface area contributed by atoms with Gasteiger partial charge in [0.05, 0.1) is 11.7 Å². The molecule has 1 aliphatic rings. The number of nitrogens with zero attached hydrogens (tertiary/aromatic N) is 3. The van der Waals surface area contributed by atoms with Crippen LogP contribution in [0, 0.1) is 19.8 Å². The Morgan fingerprint density at radius 3 is 2.67 bits per heavy atom. The van der Waals surface area contributed by atoms with E-state index in [1.165, 1.54) is 0 Å². The van der Waals surface area contributed by atoms with Gasteiger partial charge in [0.1, 0.15) is 0 Å². The predicted molar refractivity (Wildman–Crippen MR) is 93.9 cm³/mol. The first-order valence-electron chi connectivity index (χ1n) is 8.79. The van der Waals surface area contributed by atoms with Crippen LogP contribution in [0.25, 0.3) is 0 Å². The molecule has 1 aromatic heterocycles. The maximum absolute atomic E-state index is 12.4. The number of carbonyl (C=O) groups is 1. The molecule has 7 heteroatoms. The summed E-state index contributed by atoms with van der Waals surface area (Å²) in [6.45, 7) is 9.75. The molecule has 0 saturated carbocycles. The van der Waals surface area contributed by atoms with Crippen LogP contribution in [0.5, 0.6) is 0 Å². The van der Waals surface area contributed by atoms with Crippen LogP contribution in [0.4, 0.5) is 4.79 Å². The van der Waals surface area contributed by atoms with Crippen LogP contribution in [-0.2, 0) is 0 Å². The molecular weight excluding hydrogens is 306 g/mol. The maximum atomic E-state index is 12.4. The zero-order valence-electron chi connectivity index (χ0n) is 15.3. The molecule has 1 saturated heterocycles. The van der Waals surface area contributed by atoms with E-state index in [1.807, 2.05) is 27.8 Å². The van der Waals surface area contributed by atoms with Crippen molar-refractivity contribution in [2.24, 2.45) is 5.92 Å². The van der Waals surface area contributed by atoms with Crippen LogP contribution in [0.3, 0.4) is 0 Å². The van der Waals surface area contributed by atoms with Crippen LogP contribution in [0.15, 0.2) is 0 Å². The Morgan fingerprint density at radius 1 is 1.46 bits per heavy atom. The second kappa shape index (κ2) is 8.48. The quantitative estimate of drug-likeness (QED) is 0.733. The number of aliphatic hydroxyl groups is 1. The minimum atomic E-state index is -0.0623. The van der Waals surface area contributed by atoms with Crippen molar-refractivity contribution in [1.82, 2.24) is 25.3 Å². The Bertz CT molecular complexity index is 518. The van der Waals surface area contributed by atoms with E-state index >= 15 is 0 Å². The summed E-state index contributed by atoms with van der Waals surface area (Å²) in [7, 11) is 1.82. The summed E-state index contributed by atoms with van der Waals surface area (Å²) in [5.74, 6) is 0.448. The first kappa shape index (κ1) is 18.7. The molecule has 0 aromatic carbocycles. The Hall–Kier alpha value is -1.60. The first-order valence-corrected chi connectivity index (χ1v) is 8.79. The van der Waals surface area contributed by atoms with Gasteiger partial charge in [0.25, 0.3) is 0 Å². The molecule has 0 spiro atoms. The number of rotatable bonds is 6. The van der Waals surface area contributed by atoms with E-state index in [0.717, 1.165) is 49.4 Å². The van der Waals surface area contributed by atoms with E-state index in [4.69, 9.17) is 5.11 Å². The number of aryl methyl sites for hydroxylation is 2. The number of carbonyl (C=O) groups excluding carboxylic acids is 1. The van der Waals surface area contributed by atoms with E-state index in [1.54, 1.807) is 4.90 Å². The van der Waals surface area contributed by atoms with Gasteiger partial charge in [-0.25, -0.2) is 4.79 Å². The first-order chi connectivity index (χ1) is 11.4. The number of amides is 2. The average Bonchev–Trinajstić information content (AvgIpc) is 2.92. The highest BCUT2D eigenvalue weighted by atomic mass is 16.3. The SMILES string of the molecule is Cc1n[nH]c(C)c1[C@H](C)N(C)C(=O)NCCN1CCC(CO)CC1. The molecule has 1 fully saturated rings. The van der Waals surface area contributed by atoms with Crippen LogP contribution in [0.2, 0.25) is 0 Å². The topological polar surface area (TPSA) is 84.5 Å². The third kappa shape index (κ3) is 4.48. The number of aliphatic hydroxyl groups excluding tert-OH is 1. The monoisotopic (exact) mass is 337 g/mol. The molecule has 24 heavy (non-hydrogen) atoms. The normalized spacial score (nSPS) is 17.7. The number of aromatic amines is 1. The van der Waals surface area contributed by atoms with Gasteiger partial charge in [-0.2, -0.15) is 5.10 Å². The molecule has 136 valence electrons. The van der Waals surface area contributed by atoms with E-state index in [9.17, 15) is 4.79 Å². The Balaban J connectivity index is 1.76. The van der Waals surface area contributed by atoms with Crippen molar-refractivity contribution in [3.63, 3.8) is 0 Å². The van der Waals surface area contributed by atoms with Gasteiger partial charge in [0.2, 0.25) is 0 Å². The number of aromatic nitrogens is 2. The van der Waals surface area contributed by atoms with Crippen LogP contribution in [0.1, 0.15) is 42.8 Å². The lowest BCUT2D eigenvalue weighted by Crippen LogP contribution is -2.44. The maximum Gasteiger partial charge on any atom is 0.317 e. The summed E-state index contributed by atoms with van der Waals surface area (Å²) in [6.07, 6.45) is 2.08. The van der Waals surface area contributed by atoms with Crippen LogP contribution >= 0.6 is 0 Å². The van der Waals surface area contributed by atoms with Gasteiger partial charge in [-0.1, -0.05) is 0 Å². The predicted octanol–water partition coefficient (Wildman–Crippen LogP) is 1.43. The average molecular weight is 337 g/mol. The van der Waals surface area contributed by atoms with Gasteiger partial charge in [-0.15, -0.1) is 0 Å². The van der Waals surface area contributed by atoms with Crippen LogP contribution in [-0.4, -0.2) is 71.0 Å². The summed E-state index contributed by atoms with van der Waals surface area (Å²) >= 11 is 0. The van der Waals surface area contributed by atoms with Gasteiger partial charge < -0.3 is 20.2 Å². The zero-order valence-corrected chi connectivity index (χ0v) is 15.3. The summed E-state index contributed by atoms with van der Waals surface area (Å²) < 4.78 is 0. The highest BCUT2D eigenvalue weighted by Crippen LogP contribution is 2.23. The largest absolute Gasteiger partial charge is 0.396 e. The fourth-order valence-electron chi connectivity index (χ4n) is 3.38. The summed E-state index contributed by atoms with van der Waals surface area (Å²) in [5.41, 5.74) is 3.02. The molecule has 2 amide bonds. The molecule has 2 rings (SSSR count). The Labute approximate surface area is 144 Å². The third-order valence-corrected chi connectivity index (χ3v) is 5.17. The van der Waals surface area contributed by atoms with Gasteiger partial charge in [0.15, 0.2) is 0 Å². The van der Waals surface area contributed by atoms with E-state index in [-0.39, 0.29) is 12.1 Å². The van der Waals surface area contributed by atoms with Gasteiger partial charge >= 0.3 is 6.03 Å². The number of nitrogens with one attached hydrogen (secondary N) is 2. The molecule has 0 bridgehead atoms. The standard InChI is InChI=1S/C17H31N5O2/c1-12-16(13(2)20-19-12)14(3)21(4)17(24)18-7-10-22-8-5-15(11-23)6-9-22/h14-15,23H,5-11H2,1-4H3,(H,18,24)(H,19,20)/t14-/m0/s1. The number of likely N-dealkylation sites (tertiary alicyclic amines) is 1. The molecule has 1 atom stereocenters. The Kier molecular flexibility index (Phi) is 6.62. The molecule has 1 aliphatic heterocycles. The lowest BCUT2D eigenvalue weighted by molar-refractivity contribution is 0.131. The Morgan fingerprint density at radius 2 is 2.12 bits per heavy atom. The van der Waals surface area contributed by atoms with Crippen molar-refractivity contribution in [2.45, 2.75) is 39.7 Å². The number of hydrogen-bond acceptors (Lipinski definition) is 4. The van der Waals surface area contributed by atoms with Crippen molar-refractivity contribution >= 4 is 6.03 Å². The molecule has 7 nitrogen and oxygen atoms in total. The molecular formula is C17H31N5O2. The summed E-state index contributed by atoms with van der Waals surface area (Å²) in [4.78, 5) is 16.4. The highest BCUT2D eigenvalue weighted by Gasteiger charge is 2.22. The molecule has 3 N–H and O–H groups in total. The van der Waals surface area contributed by atoms with E-state index in [2.05, 4.69) is 20.4 Å². The number of hydrogen-bond donors (Lipinski definition) is 3. The highest BCUT2D eigenvalue weighted by molar-refractivity contribution is 5.74. The van der Waals surface area contributed by atoms with Crippen molar-refractivity contribution in [1.29, 1.82) is 0 Å². The fraction of sp³-hybridized carbons (Fsp3) is 0.765. The second-order valence-electron chi connectivity index (χ2n) is 6.83. The van der Waals surface area contributed by atoms with Crippen molar-refractivity contribution in [2.75, 3.05) is 39.8 Å². The molecule has 2 heterocycles. The van der Waals surface area contributed by atoms with Gasteiger partial charge in [-0.05, 0) is 52.6 Å². The summed E-state index contributed by atoms with van der Waals surface area (Å²) in [6, 6.07) is -0.0863. The van der Waals surface area contributed by atoms with Crippen molar-refractivity contribution in [3.8, 4) is 0 Å². The molecule has 1 aromatic rings. The van der Waals surface area contributed by atoms with Crippen LogP contribution < -0.4 is 5.32 Å².